The van der Waals surface area contributed by atoms with Crippen LogP contribution < -0.4 is 10.5 Å². The van der Waals surface area contributed by atoms with Gasteiger partial charge in [-0.25, -0.2) is 0 Å². The molecule has 0 fully saturated rings. The Morgan fingerprint density at radius 2 is 1.88 bits per heavy atom. The summed E-state index contributed by atoms with van der Waals surface area (Å²) in [4.78, 5) is 0. The Morgan fingerprint density at radius 1 is 1.18 bits per heavy atom. The molecule has 2 rings (SSSR count). The van der Waals surface area contributed by atoms with Crippen molar-refractivity contribution < 1.29 is 4.74 Å². The lowest BCUT2D eigenvalue weighted by molar-refractivity contribution is 0.304. The van der Waals surface area contributed by atoms with Crippen LogP contribution in [0.3, 0.4) is 0 Å². The molecule has 0 atom stereocenters. The third-order valence-electron chi connectivity index (χ3n) is 2.53. The Balaban J connectivity index is 2.12. The third kappa shape index (κ3) is 3.01. The molecule has 0 unspecified atom stereocenters. The van der Waals surface area contributed by atoms with Gasteiger partial charge in [0.25, 0.3) is 0 Å². The zero-order valence-corrected chi connectivity index (χ0v) is 11.2. The van der Waals surface area contributed by atoms with Gasteiger partial charge in [0, 0.05) is 16.2 Å². The minimum absolute atomic E-state index is 0.558. The molecule has 3 heteroatoms. The average Bonchev–Trinajstić information content (AvgIpc) is 2.33. The van der Waals surface area contributed by atoms with E-state index in [2.05, 4.69) is 15.9 Å². The van der Waals surface area contributed by atoms with E-state index in [9.17, 15) is 0 Å². The van der Waals surface area contributed by atoms with Crippen LogP contribution in [0.15, 0.2) is 46.9 Å². The normalized spacial score (nSPS) is 10.2. The van der Waals surface area contributed by atoms with Crippen LogP contribution in [0.5, 0.6) is 5.75 Å². The van der Waals surface area contributed by atoms with E-state index in [0.29, 0.717) is 12.3 Å². The Hall–Kier alpha value is -1.48. The number of halogens is 1. The molecular formula is C14H14BrNO. The topological polar surface area (TPSA) is 35.2 Å². The summed E-state index contributed by atoms with van der Waals surface area (Å²) in [6.07, 6.45) is 0. The van der Waals surface area contributed by atoms with E-state index in [1.807, 2.05) is 49.4 Å². The first kappa shape index (κ1) is 12.0. The molecule has 2 N–H and O–H groups in total. The summed E-state index contributed by atoms with van der Waals surface area (Å²) in [5, 5.41) is 0. The number of rotatable bonds is 3. The second-order valence-electron chi connectivity index (χ2n) is 3.91. The van der Waals surface area contributed by atoms with E-state index in [4.69, 9.17) is 10.5 Å². The monoisotopic (exact) mass is 291 g/mol. The molecule has 2 aromatic rings. The summed E-state index contributed by atoms with van der Waals surface area (Å²) >= 11 is 3.40. The van der Waals surface area contributed by atoms with Crippen LogP contribution in [0.4, 0.5) is 5.69 Å². The zero-order valence-electron chi connectivity index (χ0n) is 9.61. The van der Waals surface area contributed by atoms with E-state index in [1.165, 1.54) is 0 Å². The van der Waals surface area contributed by atoms with E-state index >= 15 is 0 Å². The molecule has 17 heavy (non-hydrogen) atoms. The van der Waals surface area contributed by atoms with Crippen LogP contribution in [0.1, 0.15) is 11.1 Å². The van der Waals surface area contributed by atoms with Gasteiger partial charge in [0.1, 0.15) is 12.4 Å². The summed E-state index contributed by atoms with van der Waals surface area (Å²) in [6, 6.07) is 13.9. The molecule has 0 spiro atoms. The maximum absolute atomic E-state index is 5.83. The van der Waals surface area contributed by atoms with Gasteiger partial charge in [-0.1, -0.05) is 30.3 Å². The van der Waals surface area contributed by atoms with Crippen molar-refractivity contribution in [2.24, 2.45) is 0 Å². The predicted molar refractivity (Wildman–Crippen MR) is 74.1 cm³/mol. The van der Waals surface area contributed by atoms with Crippen LogP contribution in [-0.4, -0.2) is 0 Å². The van der Waals surface area contributed by atoms with Crippen LogP contribution in [-0.2, 0) is 6.61 Å². The van der Waals surface area contributed by atoms with Crippen molar-refractivity contribution >= 4 is 21.6 Å². The smallest absolute Gasteiger partial charge is 0.124 e. The van der Waals surface area contributed by atoms with Crippen LogP contribution >= 0.6 is 15.9 Å². The van der Waals surface area contributed by atoms with Crippen molar-refractivity contribution in [2.75, 3.05) is 5.73 Å². The van der Waals surface area contributed by atoms with Gasteiger partial charge in [0.15, 0.2) is 0 Å². The summed E-state index contributed by atoms with van der Waals surface area (Å²) in [7, 11) is 0. The standard InChI is InChI=1S/C14H14BrNO/c1-10-7-12(15)13(16)8-14(10)17-9-11-5-3-2-4-6-11/h2-8H,9,16H2,1H3. The SMILES string of the molecule is Cc1cc(Br)c(N)cc1OCc1ccccc1. The largest absolute Gasteiger partial charge is 0.489 e. The number of aryl methyl sites for hydroxylation is 1. The molecule has 0 aromatic heterocycles. The molecular weight excluding hydrogens is 278 g/mol. The van der Waals surface area contributed by atoms with E-state index < -0.39 is 0 Å². The highest BCUT2D eigenvalue weighted by atomic mass is 79.9. The molecule has 88 valence electrons. The molecule has 0 bridgehead atoms. The average molecular weight is 292 g/mol. The van der Waals surface area contributed by atoms with Gasteiger partial charge in [0.2, 0.25) is 0 Å². The van der Waals surface area contributed by atoms with Crippen LogP contribution in [0.2, 0.25) is 0 Å². The van der Waals surface area contributed by atoms with Crippen molar-refractivity contribution in [2.45, 2.75) is 13.5 Å². The van der Waals surface area contributed by atoms with Gasteiger partial charge >= 0.3 is 0 Å². The molecule has 0 aliphatic heterocycles. The van der Waals surface area contributed by atoms with Gasteiger partial charge in [-0.15, -0.1) is 0 Å². The lowest BCUT2D eigenvalue weighted by atomic mass is 10.2. The first-order valence-electron chi connectivity index (χ1n) is 5.39. The molecule has 0 saturated heterocycles. The fourth-order valence-electron chi connectivity index (χ4n) is 1.56. The highest BCUT2D eigenvalue weighted by Gasteiger charge is 2.04. The number of benzene rings is 2. The molecule has 0 saturated carbocycles. The van der Waals surface area contributed by atoms with Crippen molar-refractivity contribution in [1.82, 2.24) is 0 Å². The first-order valence-corrected chi connectivity index (χ1v) is 6.18. The molecule has 0 aliphatic carbocycles. The Bertz CT molecular complexity index is 511. The summed E-state index contributed by atoms with van der Waals surface area (Å²) in [5.41, 5.74) is 8.74. The van der Waals surface area contributed by atoms with Crippen molar-refractivity contribution in [3.05, 3.63) is 58.1 Å². The fraction of sp³-hybridized carbons (Fsp3) is 0.143. The molecule has 0 heterocycles. The van der Waals surface area contributed by atoms with Crippen molar-refractivity contribution in [1.29, 1.82) is 0 Å². The van der Waals surface area contributed by atoms with Crippen molar-refractivity contribution in [3.8, 4) is 5.75 Å². The molecule has 0 radical (unpaired) electrons. The van der Waals surface area contributed by atoms with Gasteiger partial charge in [-0.2, -0.15) is 0 Å². The van der Waals surface area contributed by atoms with Gasteiger partial charge in [-0.3, -0.25) is 0 Å². The maximum Gasteiger partial charge on any atom is 0.124 e. The number of hydrogen-bond donors (Lipinski definition) is 1. The van der Waals surface area contributed by atoms with Gasteiger partial charge in [-0.05, 0) is 40.0 Å². The summed E-state index contributed by atoms with van der Waals surface area (Å²) in [6.45, 7) is 2.56. The maximum atomic E-state index is 5.83. The fourth-order valence-corrected chi connectivity index (χ4v) is 2.02. The number of anilines is 1. The number of nitrogens with two attached hydrogens (primary N) is 1. The third-order valence-corrected chi connectivity index (χ3v) is 3.22. The lowest BCUT2D eigenvalue weighted by Crippen LogP contribution is -1.98. The molecule has 0 aliphatic rings. The Labute approximate surface area is 110 Å². The van der Waals surface area contributed by atoms with E-state index in [1.54, 1.807) is 0 Å². The molecule has 2 aromatic carbocycles. The highest BCUT2D eigenvalue weighted by Crippen LogP contribution is 2.29. The number of ether oxygens (including phenoxy) is 1. The Morgan fingerprint density at radius 3 is 2.59 bits per heavy atom. The summed E-state index contributed by atoms with van der Waals surface area (Å²) in [5.74, 6) is 0.828. The highest BCUT2D eigenvalue weighted by molar-refractivity contribution is 9.10. The van der Waals surface area contributed by atoms with Crippen LogP contribution in [0, 0.1) is 6.92 Å². The van der Waals surface area contributed by atoms with Gasteiger partial charge in [0.05, 0.1) is 0 Å². The number of hydrogen-bond acceptors (Lipinski definition) is 2. The predicted octanol–water partition coefficient (Wildman–Crippen LogP) is 3.92. The number of nitrogen functional groups attached to an aromatic ring is 1. The Kier molecular flexibility index (Phi) is 3.69. The molecule has 0 amide bonds. The minimum atomic E-state index is 0.558. The quantitative estimate of drug-likeness (QED) is 0.870. The minimum Gasteiger partial charge on any atom is -0.489 e. The second-order valence-corrected chi connectivity index (χ2v) is 4.77. The van der Waals surface area contributed by atoms with Crippen molar-refractivity contribution in [3.63, 3.8) is 0 Å². The summed E-state index contributed by atoms with van der Waals surface area (Å²) < 4.78 is 6.66. The second kappa shape index (κ2) is 5.23. The van der Waals surface area contributed by atoms with Gasteiger partial charge < -0.3 is 10.5 Å². The van der Waals surface area contributed by atoms with Crippen LogP contribution in [0.25, 0.3) is 0 Å². The molecule has 2 nitrogen and oxygen atoms in total. The zero-order chi connectivity index (χ0) is 12.3. The van der Waals surface area contributed by atoms with E-state index in [-0.39, 0.29) is 0 Å². The lowest BCUT2D eigenvalue weighted by Gasteiger charge is -2.11. The van der Waals surface area contributed by atoms with E-state index in [0.717, 1.165) is 21.3 Å². The first-order chi connectivity index (χ1) is 8.16.